The first-order valence-electron chi connectivity index (χ1n) is 6.58. The lowest BCUT2D eigenvalue weighted by molar-refractivity contribution is 0.530. The van der Waals surface area contributed by atoms with Gasteiger partial charge in [-0.25, -0.2) is 0 Å². The number of fused-ring (bicyclic) bond motifs is 1. The van der Waals surface area contributed by atoms with Crippen molar-refractivity contribution in [3.05, 3.63) is 63.6 Å². The summed E-state index contributed by atoms with van der Waals surface area (Å²) in [4.78, 5) is 0. The van der Waals surface area contributed by atoms with Crippen molar-refractivity contribution in [1.29, 1.82) is 0 Å². The molecule has 0 heterocycles. The van der Waals surface area contributed by atoms with Crippen molar-refractivity contribution < 1.29 is 0 Å². The highest BCUT2D eigenvalue weighted by Gasteiger charge is 2.21. The number of hydrogen-bond acceptors (Lipinski definition) is 2. The van der Waals surface area contributed by atoms with Gasteiger partial charge in [0.15, 0.2) is 0 Å². The van der Waals surface area contributed by atoms with E-state index in [-0.39, 0.29) is 0 Å². The zero-order valence-corrected chi connectivity index (χ0v) is 12.3. The predicted octanol–water partition coefficient (Wildman–Crippen LogP) is 3.81. The van der Waals surface area contributed by atoms with Crippen LogP contribution >= 0.6 is 15.9 Å². The van der Waals surface area contributed by atoms with Crippen LogP contribution < -0.4 is 11.1 Å². The minimum atomic E-state index is 0.458. The van der Waals surface area contributed by atoms with Crippen molar-refractivity contribution in [2.75, 3.05) is 5.73 Å². The first kappa shape index (κ1) is 12.7. The van der Waals surface area contributed by atoms with Crippen LogP contribution in [0.3, 0.4) is 0 Å². The maximum Gasteiger partial charge on any atom is 0.0329 e. The first-order chi connectivity index (χ1) is 9.22. The molecule has 0 amide bonds. The molecule has 0 radical (unpaired) electrons. The zero-order chi connectivity index (χ0) is 13.2. The summed E-state index contributed by atoms with van der Waals surface area (Å²) < 4.78 is 1.12. The van der Waals surface area contributed by atoms with Crippen LogP contribution in [0, 0.1) is 0 Å². The van der Waals surface area contributed by atoms with E-state index >= 15 is 0 Å². The molecule has 0 aromatic heterocycles. The van der Waals surface area contributed by atoms with Gasteiger partial charge < -0.3 is 11.1 Å². The van der Waals surface area contributed by atoms with Crippen LogP contribution in [0.4, 0.5) is 5.69 Å². The van der Waals surface area contributed by atoms with Crippen LogP contribution in [-0.2, 0) is 13.0 Å². The third kappa shape index (κ3) is 2.82. The normalized spacial score (nSPS) is 17.4. The number of nitrogens with two attached hydrogens (primary N) is 1. The van der Waals surface area contributed by atoms with Gasteiger partial charge in [-0.15, -0.1) is 0 Å². The second-order valence-corrected chi connectivity index (χ2v) is 5.97. The smallest absolute Gasteiger partial charge is 0.0329 e. The van der Waals surface area contributed by atoms with Gasteiger partial charge in [0.05, 0.1) is 0 Å². The highest BCUT2D eigenvalue weighted by molar-refractivity contribution is 9.10. The molecule has 0 bridgehead atoms. The van der Waals surface area contributed by atoms with Crippen LogP contribution in [0.25, 0.3) is 0 Å². The third-order valence-electron chi connectivity index (χ3n) is 3.71. The summed E-state index contributed by atoms with van der Waals surface area (Å²) in [6, 6.07) is 15.2. The van der Waals surface area contributed by atoms with Gasteiger partial charge in [-0.3, -0.25) is 0 Å². The van der Waals surface area contributed by atoms with Gasteiger partial charge >= 0.3 is 0 Å². The summed E-state index contributed by atoms with van der Waals surface area (Å²) in [5.41, 5.74) is 10.8. The molecular formula is C16H17BrN2. The molecular weight excluding hydrogens is 300 g/mol. The summed E-state index contributed by atoms with van der Waals surface area (Å²) in [7, 11) is 0. The minimum absolute atomic E-state index is 0.458. The number of nitrogens with one attached hydrogen (secondary N) is 1. The molecule has 1 unspecified atom stereocenters. The Hall–Kier alpha value is -1.32. The fraction of sp³-hybridized carbons (Fsp3) is 0.250. The molecule has 0 aliphatic heterocycles. The number of anilines is 1. The largest absolute Gasteiger partial charge is 0.399 e. The van der Waals surface area contributed by atoms with E-state index in [2.05, 4.69) is 57.6 Å². The van der Waals surface area contributed by atoms with Gasteiger partial charge in [0, 0.05) is 22.7 Å². The number of hydrogen-bond donors (Lipinski definition) is 2. The Balaban J connectivity index is 1.68. The fourth-order valence-corrected chi connectivity index (χ4v) is 2.96. The van der Waals surface area contributed by atoms with E-state index in [0.717, 1.165) is 29.5 Å². The molecule has 3 N–H and O–H groups in total. The van der Waals surface area contributed by atoms with Crippen molar-refractivity contribution in [2.45, 2.75) is 25.4 Å². The van der Waals surface area contributed by atoms with E-state index in [1.54, 1.807) is 0 Å². The van der Waals surface area contributed by atoms with Gasteiger partial charge in [0.2, 0.25) is 0 Å². The Labute approximate surface area is 122 Å². The lowest BCUT2D eigenvalue weighted by Gasteiger charge is -2.14. The summed E-state index contributed by atoms with van der Waals surface area (Å²) >= 11 is 3.46. The third-order valence-corrected chi connectivity index (χ3v) is 4.24. The minimum Gasteiger partial charge on any atom is -0.399 e. The van der Waals surface area contributed by atoms with Gasteiger partial charge in [-0.2, -0.15) is 0 Å². The van der Waals surface area contributed by atoms with Crippen LogP contribution in [0.1, 0.15) is 29.2 Å². The number of nitrogen functional groups attached to an aromatic ring is 1. The monoisotopic (exact) mass is 316 g/mol. The maximum atomic E-state index is 5.83. The summed E-state index contributed by atoms with van der Waals surface area (Å²) in [6.07, 6.45) is 2.29. The topological polar surface area (TPSA) is 38.0 Å². The molecule has 3 rings (SSSR count). The molecule has 2 nitrogen and oxygen atoms in total. The van der Waals surface area contributed by atoms with Gasteiger partial charge in [0.25, 0.3) is 0 Å². The molecule has 0 saturated heterocycles. The average Bonchev–Trinajstić information content (AvgIpc) is 2.80. The fourth-order valence-electron chi connectivity index (χ4n) is 2.69. The highest BCUT2D eigenvalue weighted by atomic mass is 79.9. The molecule has 0 spiro atoms. The molecule has 1 aliphatic carbocycles. The Morgan fingerprint density at radius 2 is 1.95 bits per heavy atom. The van der Waals surface area contributed by atoms with E-state index in [1.807, 2.05) is 6.07 Å². The van der Waals surface area contributed by atoms with Crippen molar-refractivity contribution in [2.24, 2.45) is 0 Å². The average molecular weight is 317 g/mol. The molecule has 1 atom stereocenters. The number of benzene rings is 2. The summed E-state index contributed by atoms with van der Waals surface area (Å²) in [5, 5.41) is 3.64. The van der Waals surface area contributed by atoms with Crippen LogP contribution in [-0.4, -0.2) is 0 Å². The van der Waals surface area contributed by atoms with E-state index in [4.69, 9.17) is 5.73 Å². The lowest BCUT2D eigenvalue weighted by atomic mass is 10.1. The Morgan fingerprint density at radius 1 is 1.16 bits per heavy atom. The SMILES string of the molecule is Nc1ccc2c(c1)CCC2NCc1ccc(Br)cc1. The predicted molar refractivity (Wildman–Crippen MR) is 82.9 cm³/mol. The van der Waals surface area contributed by atoms with Crippen molar-refractivity contribution in [3.63, 3.8) is 0 Å². The van der Waals surface area contributed by atoms with Crippen molar-refractivity contribution in [1.82, 2.24) is 5.32 Å². The molecule has 0 saturated carbocycles. The van der Waals surface area contributed by atoms with Crippen LogP contribution in [0.15, 0.2) is 46.9 Å². The molecule has 3 heteroatoms. The quantitative estimate of drug-likeness (QED) is 0.845. The van der Waals surface area contributed by atoms with E-state index in [9.17, 15) is 0 Å². The Morgan fingerprint density at radius 3 is 2.74 bits per heavy atom. The maximum absolute atomic E-state index is 5.83. The standard InChI is InChI=1S/C16H17BrN2/c17-13-4-1-11(2-5-13)10-19-16-8-3-12-9-14(18)6-7-15(12)16/h1-2,4-7,9,16,19H,3,8,10,18H2. The van der Waals surface area contributed by atoms with Crippen molar-refractivity contribution >= 4 is 21.6 Å². The van der Waals surface area contributed by atoms with Gasteiger partial charge in [0.1, 0.15) is 0 Å². The van der Waals surface area contributed by atoms with E-state index < -0.39 is 0 Å². The molecule has 19 heavy (non-hydrogen) atoms. The summed E-state index contributed by atoms with van der Waals surface area (Å²) in [5.74, 6) is 0. The number of halogens is 1. The van der Waals surface area contributed by atoms with Crippen LogP contribution in [0.2, 0.25) is 0 Å². The molecule has 2 aromatic carbocycles. The first-order valence-corrected chi connectivity index (χ1v) is 7.38. The Bertz CT molecular complexity index is 578. The lowest BCUT2D eigenvalue weighted by Crippen LogP contribution is -2.18. The zero-order valence-electron chi connectivity index (χ0n) is 10.7. The molecule has 2 aromatic rings. The molecule has 0 fully saturated rings. The van der Waals surface area contributed by atoms with E-state index in [0.29, 0.717) is 6.04 Å². The van der Waals surface area contributed by atoms with Gasteiger partial charge in [-0.1, -0.05) is 34.1 Å². The second-order valence-electron chi connectivity index (χ2n) is 5.06. The second kappa shape index (κ2) is 5.35. The highest BCUT2D eigenvalue weighted by Crippen LogP contribution is 2.32. The van der Waals surface area contributed by atoms with Gasteiger partial charge in [-0.05, 0) is 53.8 Å². The van der Waals surface area contributed by atoms with E-state index in [1.165, 1.54) is 16.7 Å². The molecule has 98 valence electrons. The van der Waals surface area contributed by atoms with Crippen LogP contribution in [0.5, 0.6) is 0 Å². The van der Waals surface area contributed by atoms with Crippen molar-refractivity contribution in [3.8, 4) is 0 Å². The summed E-state index contributed by atoms with van der Waals surface area (Å²) in [6.45, 7) is 0.905. The molecule has 1 aliphatic rings. The number of rotatable bonds is 3. The number of aryl methyl sites for hydroxylation is 1. The Kier molecular flexibility index (Phi) is 3.58.